The van der Waals surface area contributed by atoms with Gasteiger partial charge in [-0.3, -0.25) is 4.79 Å². The number of amides is 1. The van der Waals surface area contributed by atoms with Gasteiger partial charge in [-0.1, -0.05) is 26.7 Å². The molecule has 17 heavy (non-hydrogen) atoms. The second kappa shape index (κ2) is 7.19. The maximum atomic E-state index is 11.9. The maximum absolute atomic E-state index is 11.9. The quantitative estimate of drug-likeness (QED) is 0.790. The van der Waals surface area contributed by atoms with Crippen LogP contribution in [-0.4, -0.2) is 31.2 Å². The molecule has 4 nitrogen and oxygen atoms in total. The van der Waals surface area contributed by atoms with Crippen molar-refractivity contribution in [3.05, 3.63) is 0 Å². The van der Waals surface area contributed by atoms with Gasteiger partial charge in [0.2, 0.25) is 5.91 Å². The smallest absolute Gasteiger partial charge is 0.240 e. The van der Waals surface area contributed by atoms with Crippen LogP contribution < -0.4 is 11.1 Å². The molecule has 0 heterocycles. The number of carbonyl (C=O) groups is 1. The number of hydrogen-bond acceptors (Lipinski definition) is 3. The lowest BCUT2D eigenvalue weighted by atomic mass is 9.97. The van der Waals surface area contributed by atoms with Gasteiger partial charge in [0.25, 0.3) is 0 Å². The fourth-order valence-corrected chi connectivity index (χ4v) is 2.19. The van der Waals surface area contributed by atoms with Crippen LogP contribution in [0.15, 0.2) is 0 Å². The average Bonchev–Trinajstić information content (AvgIpc) is 2.66. The number of rotatable bonds is 5. The van der Waals surface area contributed by atoms with Gasteiger partial charge in [-0.15, -0.1) is 12.4 Å². The van der Waals surface area contributed by atoms with Crippen molar-refractivity contribution in [1.82, 2.24) is 5.32 Å². The topological polar surface area (TPSA) is 64.3 Å². The van der Waals surface area contributed by atoms with E-state index < -0.39 is 5.54 Å². The fourth-order valence-electron chi connectivity index (χ4n) is 2.19. The Balaban J connectivity index is 0.00000256. The molecule has 0 spiro atoms. The van der Waals surface area contributed by atoms with Gasteiger partial charge in [-0.2, -0.15) is 0 Å². The minimum Gasteiger partial charge on any atom is -0.379 e. The summed E-state index contributed by atoms with van der Waals surface area (Å²) >= 11 is 0. The lowest BCUT2D eigenvalue weighted by Gasteiger charge is -2.25. The van der Waals surface area contributed by atoms with Gasteiger partial charge in [0.1, 0.15) is 0 Å². The number of halogens is 1. The summed E-state index contributed by atoms with van der Waals surface area (Å²) in [6.45, 7) is 4.70. The van der Waals surface area contributed by atoms with Crippen molar-refractivity contribution < 1.29 is 9.53 Å². The molecule has 0 bridgehead atoms. The van der Waals surface area contributed by atoms with E-state index in [0.29, 0.717) is 12.5 Å². The van der Waals surface area contributed by atoms with Crippen molar-refractivity contribution in [2.45, 2.75) is 51.2 Å². The predicted molar refractivity (Wildman–Crippen MR) is 71.3 cm³/mol. The van der Waals surface area contributed by atoms with E-state index in [1.807, 2.05) is 0 Å². The van der Waals surface area contributed by atoms with E-state index in [1.54, 1.807) is 7.11 Å². The molecule has 0 radical (unpaired) electrons. The van der Waals surface area contributed by atoms with Crippen molar-refractivity contribution in [3.8, 4) is 0 Å². The van der Waals surface area contributed by atoms with Crippen molar-refractivity contribution in [2.75, 3.05) is 13.7 Å². The fraction of sp³-hybridized carbons (Fsp3) is 0.917. The summed E-state index contributed by atoms with van der Waals surface area (Å²) in [7, 11) is 1.67. The third kappa shape index (κ3) is 4.45. The maximum Gasteiger partial charge on any atom is 0.240 e. The van der Waals surface area contributed by atoms with E-state index in [4.69, 9.17) is 10.5 Å². The SMILES string of the molecule is COC(CNC(=O)C1(N)CCCC1)C(C)C.Cl. The Kier molecular flexibility index (Phi) is 7.05. The molecule has 5 heteroatoms. The predicted octanol–water partition coefficient (Wildman–Crippen LogP) is 1.47. The van der Waals surface area contributed by atoms with Gasteiger partial charge < -0.3 is 15.8 Å². The molecule has 1 aliphatic carbocycles. The molecule has 1 aliphatic rings. The van der Waals surface area contributed by atoms with E-state index in [-0.39, 0.29) is 24.4 Å². The monoisotopic (exact) mass is 264 g/mol. The number of nitrogens with one attached hydrogen (secondary N) is 1. The molecule has 102 valence electrons. The molecular weight excluding hydrogens is 240 g/mol. The molecule has 1 fully saturated rings. The third-order valence-corrected chi connectivity index (χ3v) is 3.46. The van der Waals surface area contributed by atoms with Gasteiger partial charge in [0.05, 0.1) is 11.6 Å². The first-order valence-corrected chi connectivity index (χ1v) is 6.09. The Morgan fingerprint density at radius 1 is 1.41 bits per heavy atom. The highest BCUT2D eigenvalue weighted by Crippen LogP contribution is 2.27. The Hall–Kier alpha value is -0.320. The van der Waals surface area contributed by atoms with Crippen LogP contribution in [0.25, 0.3) is 0 Å². The van der Waals surface area contributed by atoms with Crippen molar-refractivity contribution in [2.24, 2.45) is 11.7 Å². The normalized spacial score (nSPS) is 19.8. The highest BCUT2D eigenvalue weighted by molar-refractivity contribution is 5.86. The highest BCUT2D eigenvalue weighted by Gasteiger charge is 2.37. The molecule has 1 saturated carbocycles. The number of carbonyl (C=O) groups excluding carboxylic acids is 1. The summed E-state index contributed by atoms with van der Waals surface area (Å²) in [6.07, 6.45) is 3.79. The first-order chi connectivity index (χ1) is 7.49. The summed E-state index contributed by atoms with van der Waals surface area (Å²) in [5.41, 5.74) is 5.42. The second-order valence-electron chi connectivity index (χ2n) is 5.09. The van der Waals surface area contributed by atoms with Crippen molar-refractivity contribution in [1.29, 1.82) is 0 Å². The van der Waals surface area contributed by atoms with Crippen LogP contribution in [0.4, 0.5) is 0 Å². The summed E-state index contributed by atoms with van der Waals surface area (Å²) in [6, 6.07) is 0. The van der Waals surface area contributed by atoms with E-state index >= 15 is 0 Å². The number of ether oxygens (including phenoxy) is 1. The van der Waals surface area contributed by atoms with Crippen LogP contribution in [0.5, 0.6) is 0 Å². The second-order valence-corrected chi connectivity index (χ2v) is 5.09. The highest BCUT2D eigenvalue weighted by atomic mass is 35.5. The van der Waals surface area contributed by atoms with E-state index in [2.05, 4.69) is 19.2 Å². The van der Waals surface area contributed by atoms with Crippen LogP contribution in [0, 0.1) is 5.92 Å². The standard InChI is InChI=1S/C12H24N2O2.ClH/c1-9(2)10(16-3)8-14-11(15)12(13)6-4-5-7-12;/h9-10H,4-8,13H2,1-3H3,(H,14,15);1H. The van der Waals surface area contributed by atoms with Crippen LogP contribution in [0.1, 0.15) is 39.5 Å². The lowest BCUT2D eigenvalue weighted by molar-refractivity contribution is -0.126. The molecule has 0 saturated heterocycles. The van der Waals surface area contributed by atoms with E-state index in [9.17, 15) is 4.79 Å². The largest absolute Gasteiger partial charge is 0.379 e. The molecule has 3 N–H and O–H groups in total. The summed E-state index contributed by atoms with van der Waals surface area (Å²) in [5, 5.41) is 2.91. The molecule has 1 atom stereocenters. The van der Waals surface area contributed by atoms with E-state index in [1.165, 1.54) is 0 Å². The van der Waals surface area contributed by atoms with Gasteiger partial charge in [-0.05, 0) is 18.8 Å². The zero-order valence-electron chi connectivity index (χ0n) is 11.0. The summed E-state index contributed by atoms with van der Waals surface area (Å²) in [4.78, 5) is 11.9. The van der Waals surface area contributed by atoms with Gasteiger partial charge in [0, 0.05) is 13.7 Å². The molecular formula is C12H25ClN2O2. The van der Waals surface area contributed by atoms with Crippen LogP contribution in [0.3, 0.4) is 0 Å². The molecule has 0 aliphatic heterocycles. The van der Waals surface area contributed by atoms with Crippen molar-refractivity contribution in [3.63, 3.8) is 0 Å². The van der Waals surface area contributed by atoms with Crippen LogP contribution in [-0.2, 0) is 9.53 Å². The first kappa shape index (κ1) is 16.7. The van der Waals surface area contributed by atoms with Gasteiger partial charge in [0.15, 0.2) is 0 Å². The van der Waals surface area contributed by atoms with Gasteiger partial charge in [-0.25, -0.2) is 0 Å². The lowest BCUT2D eigenvalue weighted by Crippen LogP contribution is -2.53. The van der Waals surface area contributed by atoms with Crippen LogP contribution >= 0.6 is 12.4 Å². The third-order valence-electron chi connectivity index (χ3n) is 3.46. The number of hydrogen-bond donors (Lipinski definition) is 2. The van der Waals surface area contributed by atoms with Gasteiger partial charge >= 0.3 is 0 Å². The molecule has 0 aromatic carbocycles. The summed E-state index contributed by atoms with van der Waals surface area (Å²) < 4.78 is 5.30. The zero-order valence-corrected chi connectivity index (χ0v) is 11.8. The Labute approximate surface area is 110 Å². The molecule has 1 unspecified atom stereocenters. The molecule has 0 aromatic rings. The Morgan fingerprint density at radius 3 is 2.35 bits per heavy atom. The Morgan fingerprint density at radius 2 is 1.94 bits per heavy atom. The number of methoxy groups -OCH3 is 1. The first-order valence-electron chi connectivity index (χ1n) is 6.09. The zero-order chi connectivity index (χ0) is 12.2. The molecule has 0 aromatic heterocycles. The molecule has 1 amide bonds. The average molecular weight is 265 g/mol. The minimum absolute atomic E-state index is 0. The summed E-state index contributed by atoms with van der Waals surface area (Å²) in [5.74, 6) is 0.371. The van der Waals surface area contributed by atoms with Crippen molar-refractivity contribution >= 4 is 18.3 Å². The Bertz CT molecular complexity index is 241. The van der Waals surface area contributed by atoms with Crippen LogP contribution in [0.2, 0.25) is 0 Å². The van der Waals surface area contributed by atoms with E-state index in [0.717, 1.165) is 25.7 Å². The molecule has 1 rings (SSSR count). The number of nitrogens with two attached hydrogens (primary N) is 1. The minimum atomic E-state index is -0.630.